The van der Waals surface area contributed by atoms with Gasteiger partial charge >= 0.3 is 11.9 Å². The lowest BCUT2D eigenvalue weighted by molar-refractivity contribution is -0.143. The quantitative estimate of drug-likeness (QED) is 0.360. The number of benzene rings is 2. The first kappa shape index (κ1) is 30.0. The van der Waals surface area contributed by atoms with Crippen LogP contribution in [-0.4, -0.2) is 64.2 Å². The largest absolute Gasteiger partial charge is 0.496 e. The Balaban J connectivity index is 1.67. The summed E-state index contributed by atoms with van der Waals surface area (Å²) in [5.41, 5.74) is -0.0889. The van der Waals surface area contributed by atoms with E-state index in [4.69, 9.17) is 35.3 Å². The molecule has 0 bridgehead atoms. The average Bonchev–Trinajstić information content (AvgIpc) is 3.32. The summed E-state index contributed by atoms with van der Waals surface area (Å²) in [6.07, 6.45) is 0.235. The molecule has 2 aliphatic heterocycles. The number of carbonyl (C=O) groups is 4. The summed E-state index contributed by atoms with van der Waals surface area (Å²) >= 11 is 6.58. The summed E-state index contributed by atoms with van der Waals surface area (Å²) in [4.78, 5) is 54.0. The molecule has 11 nitrogen and oxygen atoms in total. The van der Waals surface area contributed by atoms with Crippen LogP contribution in [0.4, 0.5) is 0 Å². The van der Waals surface area contributed by atoms with E-state index in [1.807, 2.05) is 0 Å². The Kier molecular flexibility index (Phi) is 7.87. The maximum atomic E-state index is 14.8. The summed E-state index contributed by atoms with van der Waals surface area (Å²) in [6.45, 7) is 3.12. The lowest BCUT2D eigenvalue weighted by Gasteiger charge is -2.42. The van der Waals surface area contributed by atoms with Gasteiger partial charge in [0.25, 0.3) is 0 Å². The summed E-state index contributed by atoms with van der Waals surface area (Å²) in [6, 6.07) is 8.11. The average molecular weight is 612 g/mol. The van der Waals surface area contributed by atoms with Crippen LogP contribution in [0, 0.1) is 5.92 Å². The lowest BCUT2D eigenvalue weighted by Crippen LogP contribution is -2.58. The van der Waals surface area contributed by atoms with Crippen molar-refractivity contribution in [1.29, 1.82) is 0 Å². The van der Waals surface area contributed by atoms with E-state index in [0.29, 0.717) is 22.7 Å². The minimum Gasteiger partial charge on any atom is -0.496 e. The van der Waals surface area contributed by atoms with Gasteiger partial charge in [-0.1, -0.05) is 30.7 Å². The molecular weight excluding hydrogens is 582 g/mol. The molecule has 1 spiro atoms. The summed E-state index contributed by atoms with van der Waals surface area (Å²) in [5.74, 6) is -3.42. The minimum atomic E-state index is -1.99. The zero-order chi connectivity index (χ0) is 31.2. The molecule has 1 aliphatic carbocycles. The number of halogens is 1. The lowest BCUT2D eigenvalue weighted by atomic mass is 9.65. The molecule has 43 heavy (non-hydrogen) atoms. The molecule has 0 radical (unpaired) electrons. The molecule has 0 saturated carbocycles. The monoisotopic (exact) mass is 611 g/mol. The first-order chi connectivity index (χ1) is 20.5. The number of dihydropyridines is 1. The van der Waals surface area contributed by atoms with Crippen molar-refractivity contribution in [3.63, 3.8) is 0 Å². The van der Waals surface area contributed by atoms with Crippen LogP contribution in [0.2, 0.25) is 5.02 Å². The van der Waals surface area contributed by atoms with Crippen LogP contribution in [-0.2, 0) is 23.9 Å². The predicted molar refractivity (Wildman–Crippen MR) is 153 cm³/mol. The second-order valence-corrected chi connectivity index (χ2v) is 10.7. The molecule has 226 valence electrons. The van der Waals surface area contributed by atoms with Crippen molar-refractivity contribution in [2.75, 3.05) is 35.0 Å². The standard InChI is InChI=1S/C31H30ClNO10/c1-14-10-18-24(28(35)31(14)29(36)25-19(38-3)12-20(39-4)26(32)27(25)43-31)23(22(15(2)33-18)30(37)41-6)16-8-7-9-17(11-16)42-13-21(34)40-5/h7-9,11-12,14,23,33H,10,13H2,1-6H3. The fourth-order valence-electron chi connectivity index (χ4n) is 5.97. The van der Waals surface area contributed by atoms with Gasteiger partial charge in [-0.3, -0.25) is 9.59 Å². The van der Waals surface area contributed by atoms with Crippen LogP contribution in [0.3, 0.4) is 0 Å². The zero-order valence-corrected chi connectivity index (χ0v) is 25.2. The third kappa shape index (κ3) is 4.58. The van der Waals surface area contributed by atoms with Crippen molar-refractivity contribution in [1.82, 2.24) is 5.32 Å². The normalized spacial score (nSPS) is 22.4. The van der Waals surface area contributed by atoms with Crippen LogP contribution in [0.25, 0.3) is 0 Å². The van der Waals surface area contributed by atoms with Crippen LogP contribution in [0.5, 0.6) is 23.0 Å². The summed E-state index contributed by atoms with van der Waals surface area (Å²) in [7, 11) is 5.29. The van der Waals surface area contributed by atoms with E-state index in [-0.39, 0.29) is 52.0 Å². The van der Waals surface area contributed by atoms with Gasteiger partial charge in [0, 0.05) is 34.9 Å². The van der Waals surface area contributed by atoms with E-state index in [1.54, 1.807) is 38.1 Å². The number of fused-ring (bicyclic) bond motifs is 1. The van der Waals surface area contributed by atoms with Gasteiger partial charge in [0.1, 0.15) is 27.8 Å². The highest BCUT2D eigenvalue weighted by atomic mass is 35.5. The third-order valence-corrected chi connectivity index (χ3v) is 8.39. The Labute approximate surface area is 252 Å². The predicted octanol–water partition coefficient (Wildman–Crippen LogP) is 3.92. The Morgan fingerprint density at radius 1 is 1.05 bits per heavy atom. The number of hydrogen-bond acceptors (Lipinski definition) is 11. The molecule has 3 atom stereocenters. The molecule has 2 aromatic carbocycles. The minimum absolute atomic E-state index is 0.00874. The Morgan fingerprint density at radius 3 is 2.42 bits per heavy atom. The molecule has 2 aromatic rings. The Morgan fingerprint density at radius 2 is 1.77 bits per heavy atom. The first-order valence-corrected chi connectivity index (χ1v) is 13.7. The number of nitrogens with one attached hydrogen (secondary N) is 1. The number of allylic oxidation sites excluding steroid dienone is 2. The molecule has 0 amide bonds. The molecular formula is C31H30ClNO10. The number of ether oxygens (including phenoxy) is 6. The van der Waals surface area contributed by atoms with E-state index in [0.717, 1.165) is 0 Å². The number of Topliss-reactive ketones (excluding diaryl/α,β-unsaturated/α-hetero) is 2. The van der Waals surface area contributed by atoms with E-state index >= 15 is 0 Å². The Bertz CT molecular complexity index is 1630. The first-order valence-electron chi connectivity index (χ1n) is 13.4. The molecule has 0 saturated heterocycles. The molecule has 5 rings (SSSR count). The van der Waals surface area contributed by atoms with Gasteiger partial charge < -0.3 is 33.7 Å². The number of ketones is 2. The summed E-state index contributed by atoms with van der Waals surface area (Å²) in [5, 5.41) is 3.24. The van der Waals surface area contributed by atoms with Crippen LogP contribution >= 0.6 is 11.6 Å². The topological polar surface area (TPSA) is 136 Å². The maximum absolute atomic E-state index is 14.8. The number of methoxy groups -OCH3 is 4. The highest BCUT2D eigenvalue weighted by molar-refractivity contribution is 6.36. The van der Waals surface area contributed by atoms with Gasteiger partial charge in [-0.05, 0) is 31.0 Å². The van der Waals surface area contributed by atoms with Crippen molar-refractivity contribution >= 4 is 35.1 Å². The highest BCUT2D eigenvalue weighted by Crippen LogP contribution is 2.56. The van der Waals surface area contributed by atoms with E-state index in [9.17, 15) is 19.2 Å². The molecule has 12 heteroatoms. The second kappa shape index (κ2) is 11.3. The number of carbonyl (C=O) groups excluding carboxylic acids is 4. The molecule has 3 unspecified atom stereocenters. The zero-order valence-electron chi connectivity index (χ0n) is 24.4. The number of rotatable bonds is 7. The van der Waals surface area contributed by atoms with Crippen LogP contribution in [0.1, 0.15) is 42.1 Å². The van der Waals surface area contributed by atoms with Crippen molar-refractivity contribution < 1.29 is 47.6 Å². The van der Waals surface area contributed by atoms with Gasteiger partial charge in [-0.2, -0.15) is 0 Å². The number of esters is 2. The van der Waals surface area contributed by atoms with Crippen molar-refractivity contribution in [2.45, 2.75) is 31.8 Å². The van der Waals surface area contributed by atoms with Gasteiger partial charge in [-0.25, -0.2) is 9.59 Å². The number of hydrogen-bond donors (Lipinski definition) is 1. The van der Waals surface area contributed by atoms with Gasteiger partial charge in [-0.15, -0.1) is 0 Å². The van der Waals surface area contributed by atoms with Crippen LogP contribution < -0.4 is 24.3 Å². The fraction of sp³-hybridized carbons (Fsp3) is 0.355. The maximum Gasteiger partial charge on any atom is 0.343 e. The van der Waals surface area contributed by atoms with E-state index < -0.39 is 40.9 Å². The van der Waals surface area contributed by atoms with Crippen molar-refractivity contribution in [3.05, 3.63) is 69.0 Å². The van der Waals surface area contributed by atoms with Crippen molar-refractivity contribution in [3.8, 4) is 23.0 Å². The SMILES string of the molecule is COC(=O)COc1cccc(C2C(C(=O)OC)=C(C)NC3=C2C(=O)C2(Oc4c(Cl)c(OC)cc(OC)c4C2=O)C(C)C3)c1. The molecule has 0 fully saturated rings. The summed E-state index contributed by atoms with van der Waals surface area (Å²) < 4.78 is 32.5. The van der Waals surface area contributed by atoms with Gasteiger partial charge in [0.15, 0.2) is 12.4 Å². The Hall–Kier alpha value is -4.51. The third-order valence-electron chi connectivity index (χ3n) is 8.03. The smallest absolute Gasteiger partial charge is 0.343 e. The molecule has 1 N–H and O–H groups in total. The molecule has 2 heterocycles. The van der Waals surface area contributed by atoms with Gasteiger partial charge in [0.2, 0.25) is 17.2 Å². The van der Waals surface area contributed by atoms with Crippen LogP contribution in [0.15, 0.2) is 52.9 Å². The van der Waals surface area contributed by atoms with Crippen molar-refractivity contribution in [2.24, 2.45) is 5.92 Å². The molecule has 3 aliphatic rings. The second-order valence-electron chi connectivity index (χ2n) is 10.3. The van der Waals surface area contributed by atoms with Gasteiger partial charge in [0.05, 0.1) is 34.0 Å². The van der Waals surface area contributed by atoms with E-state index in [2.05, 4.69) is 10.1 Å². The molecule has 0 aromatic heterocycles. The fourth-order valence-corrected chi connectivity index (χ4v) is 6.24. The highest BCUT2D eigenvalue weighted by Gasteiger charge is 2.63. The van der Waals surface area contributed by atoms with E-state index in [1.165, 1.54) is 34.5 Å².